The van der Waals surface area contributed by atoms with Crippen molar-refractivity contribution in [2.24, 2.45) is 0 Å². The smallest absolute Gasteiger partial charge is 0.294 e. The number of carbonyl (C=O) groups is 3. The van der Waals surface area contributed by atoms with Crippen LogP contribution in [-0.2, 0) is 16.2 Å². The maximum Gasteiger partial charge on any atom is 0.294 e. The third-order valence-corrected chi connectivity index (χ3v) is 7.78. The van der Waals surface area contributed by atoms with Gasteiger partial charge in [-0.2, -0.15) is 0 Å². The van der Waals surface area contributed by atoms with Crippen LogP contribution in [0.15, 0.2) is 59.5 Å². The van der Waals surface area contributed by atoms with Gasteiger partial charge in [0.2, 0.25) is 5.91 Å². The fourth-order valence-corrected chi connectivity index (χ4v) is 5.64. The molecular formula is C27H21Cl2IN2O6S. The number of hydrogen-bond donors (Lipinski definition) is 1. The first kappa shape index (κ1) is 29.1. The van der Waals surface area contributed by atoms with E-state index in [4.69, 9.17) is 37.4 Å². The van der Waals surface area contributed by atoms with Gasteiger partial charge in [0.25, 0.3) is 11.1 Å². The fourth-order valence-electron chi connectivity index (χ4n) is 3.56. The molecule has 1 fully saturated rings. The van der Waals surface area contributed by atoms with Crippen LogP contribution in [0.4, 0.5) is 10.5 Å². The van der Waals surface area contributed by atoms with Gasteiger partial charge in [0.15, 0.2) is 11.5 Å². The van der Waals surface area contributed by atoms with E-state index in [-0.39, 0.29) is 11.5 Å². The Morgan fingerprint density at radius 2 is 1.79 bits per heavy atom. The Hall–Kier alpha value is -2.93. The second-order valence-corrected chi connectivity index (χ2v) is 11.1. The number of anilines is 1. The molecule has 0 saturated carbocycles. The average Bonchev–Trinajstić information content (AvgIpc) is 3.16. The van der Waals surface area contributed by atoms with E-state index in [1.165, 1.54) is 7.11 Å². The predicted molar refractivity (Wildman–Crippen MR) is 161 cm³/mol. The summed E-state index contributed by atoms with van der Waals surface area (Å²) in [6.07, 6.45) is 1.58. The SMILES string of the molecule is COc1ccc(NC(=O)CN2C(=O)S/C(=C/c3cc(I)c(OCc4ccc(Cl)cc4Cl)c(OC)c3)C2=O)cc1. The Morgan fingerprint density at radius 3 is 2.46 bits per heavy atom. The van der Waals surface area contributed by atoms with E-state index < -0.39 is 23.6 Å². The number of methoxy groups -OCH3 is 2. The second-order valence-electron chi connectivity index (χ2n) is 8.10. The molecule has 0 bridgehead atoms. The van der Waals surface area contributed by atoms with E-state index in [0.29, 0.717) is 38.5 Å². The third-order valence-electron chi connectivity index (χ3n) is 5.49. The largest absolute Gasteiger partial charge is 0.497 e. The number of carbonyl (C=O) groups excluding carboxylic acids is 3. The van der Waals surface area contributed by atoms with Crippen LogP contribution in [0.2, 0.25) is 10.0 Å². The van der Waals surface area contributed by atoms with Gasteiger partial charge in [0.1, 0.15) is 18.9 Å². The number of benzene rings is 3. The van der Waals surface area contributed by atoms with Crippen molar-refractivity contribution in [1.29, 1.82) is 0 Å². The van der Waals surface area contributed by atoms with E-state index in [0.717, 1.165) is 25.8 Å². The zero-order valence-corrected chi connectivity index (χ0v) is 25.1. The van der Waals surface area contributed by atoms with E-state index in [1.807, 2.05) is 0 Å². The van der Waals surface area contributed by atoms with E-state index >= 15 is 0 Å². The first-order chi connectivity index (χ1) is 18.7. The van der Waals surface area contributed by atoms with Crippen LogP contribution >= 0.6 is 57.6 Å². The van der Waals surface area contributed by atoms with E-state index in [1.54, 1.807) is 67.8 Å². The lowest BCUT2D eigenvalue weighted by atomic mass is 10.1. The van der Waals surface area contributed by atoms with Crippen LogP contribution in [0, 0.1) is 3.57 Å². The summed E-state index contributed by atoms with van der Waals surface area (Å²) in [6.45, 7) is -0.214. The highest BCUT2D eigenvalue weighted by Crippen LogP contribution is 2.38. The third kappa shape index (κ3) is 7.18. The van der Waals surface area contributed by atoms with Gasteiger partial charge >= 0.3 is 0 Å². The summed E-state index contributed by atoms with van der Waals surface area (Å²) in [5.41, 5.74) is 1.90. The molecule has 3 amide bonds. The monoisotopic (exact) mass is 698 g/mol. The fraction of sp³-hybridized carbons (Fsp3) is 0.148. The van der Waals surface area contributed by atoms with Gasteiger partial charge in [-0.15, -0.1) is 0 Å². The molecule has 0 spiro atoms. The van der Waals surface area contributed by atoms with Crippen LogP contribution in [0.25, 0.3) is 6.08 Å². The normalized spacial score (nSPS) is 14.1. The van der Waals surface area contributed by atoms with E-state index in [9.17, 15) is 14.4 Å². The molecule has 1 aliphatic heterocycles. The van der Waals surface area contributed by atoms with Crippen molar-refractivity contribution in [3.05, 3.63) is 84.2 Å². The number of thioether (sulfide) groups is 1. The minimum atomic E-state index is -0.554. The average molecular weight is 699 g/mol. The second kappa shape index (κ2) is 12.9. The number of imide groups is 1. The van der Waals surface area contributed by atoms with Gasteiger partial charge in [0.05, 0.1) is 22.7 Å². The summed E-state index contributed by atoms with van der Waals surface area (Å²) in [5, 5.41) is 3.16. The molecular weight excluding hydrogens is 678 g/mol. The first-order valence-electron chi connectivity index (χ1n) is 11.3. The molecule has 0 radical (unpaired) electrons. The van der Waals surface area contributed by atoms with Crippen molar-refractivity contribution >= 4 is 86.4 Å². The van der Waals surface area contributed by atoms with Gasteiger partial charge in [-0.25, -0.2) is 0 Å². The number of ether oxygens (including phenoxy) is 3. The standard InChI is InChI=1S/C27H21Cl2IN2O6S/c1-36-19-7-5-18(6-8-19)31-24(33)13-32-26(34)23(39-27(32)35)11-15-9-21(30)25(22(10-15)37-2)38-14-16-3-4-17(28)12-20(16)29/h3-12H,13-14H2,1-2H3,(H,31,33)/b23-11+. The molecule has 3 aromatic carbocycles. The Morgan fingerprint density at radius 1 is 1.05 bits per heavy atom. The predicted octanol–water partition coefficient (Wildman–Crippen LogP) is 6.87. The van der Waals surface area contributed by atoms with Crippen LogP contribution in [0.1, 0.15) is 11.1 Å². The maximum absolute atomic E-state index is 13.0. The molecule has 0 atom stereocenters. The molecule has 202 valence electrons. The minimum Gasteiger partial charge on any atom is -0.497 e. The number of rotatable bonds is 9. The van der Waals surface area contributed by atoms with Gasteiger partial charge in [0, 0.05) is 21.3 Å². The quantitative estimate of drug-likeness (QED) is 0.193. The molecule has 0 unspecified atom stereocenters. The zero-order chi connectivity index (χ0) is 28.1. The molecule has 8 nitrogen and oxygen atoms in total. The lowest BCUT2D eigenvalue weighted by Crippen LogP contribution is -2.36. The van der Waals surface area contributed by atoms with Crippen molar-refractivity contribution < 1.29 is 28.6 Å². The van der Waals surface area contributed by atoms with Crippen LogP contribution in [-0.4, -0.2) is 42.7 Å². The number of nitrogens with one attached hydrogen (secondary N) is 1. The molecule has 0 aromatic heterocycles. The van der Waals surface area contributed by atoms with Crippen LogP contribution < -0.4 is 19.5 Å². The van der Waals surface area contributed by atoms with Crippen molar-refractivity contribution in [1.82, 2.24) is 4.90 Å². The Kier molecular flexibility index (Phi) is 9.65. The number of nitrogens with zero attached hydrogens (tertiary/aromatic N) is 1. The Balaban J connectivity index is 1.46. The molecule has 1 saturated heterocycles. The van der Waals surface area contributed by atoms with E-state index in [2.05, 4.69) is 27.9 Å². The van der Waals surface area contributed by atoms with Gasteiger partial charge in [-0.1, -0.05) is 29.3 Å². The number of hydrogen-bond acceptors (Lipinski definition) is 7. The first-order valence-corrected chi connectivity index (χ1v) is 14.0. The minimum absolute atomic E-state index is 0.191. The molecule has 4 rings (SSSR count). The Labute approximate surface area is 252 Å². The lowest BCUT2D eigenvalue weighted by Gasteiger charge is -2.14. The topological polar surface area (TPSA) is 94.2 Å². The van der Waals surface area contributed by atoms with Crippen LogP contribution in [0.3, 0.4) is 0 Å². The zero-order valence-electron chi connectivity index (χ0n) is 20.6. The highest BCUT2D eigenvalue weighted by molar-refractivity contribution is 14.1. The molecule has 39 heavy (non-hydrogen) atoms. The van der Waals surface area contributed by atoms with Gasteiger partial charge in [-0.05, 0) is 94.5 Å². The number of halogens is 3. The van der Waals surface area contributed by atoms with Crippen molar-refractivity contribution in [2.45, 2.75) is 6.61 Å². The van der Waals surface area contributed by atoms with Gasteiger partial charge < -0.3 is 19.5 Å². The molecule has 1 heterocycles. The summed E-state index contributed by atoms with van der Waals surface area (Å²) < 4.78 is 17.3. The molecule has 3 aromatic rings. The van der Waals surface area contributed by atoms with Crippen molar-refractivity contribution in [3.8, 4) is 17.2 Å². The molecule has 1 N–H and O–H groups in total. The summed E-state index contributed by atoms with van der Waals surface area (Å²) in [4.78, 5) is 39.1. The summed E-state index contributed by atoms with van der Waals surface area (Å²) in [6, 6.07) is 15.4. The molecule has 12 heteroatoms. The summed E-state index contributed by atoms with van der Waals surface area (Å²) in [7, 11) is 3.05. The molecule has 1 aliphatic rings. The highest BCUT2D eigenvalue weighted by atomic mass is 127. The maximum atomic E-state index is 13.0. The summed E-state index contributed by atoms with van der Waals surface area (Å²) >= 11 is 15.1. The van der Waals surface area contributed by atoms with Gasteiger partial charge in [-0.3, -0.25) is 19.3 Å². The van der Waals surface area contributed by atoms with Crippen molar-refractivity contribution in [3.63, 3.8) is 0 Å². The summed E-state index contributed by atoms with van der Waals surface area (Å²) in [5.74, 6) is 0.533. The van der Waals surface area contributed by atoms with Crippen LogP contribution in [0.5, 0.6) is 17.2 Å². The molecule has 0 aliphatic carbocycles. The Bertz CT molecular complexity index is 1470. The van der Waals surface area contributed by atoms with Crippen molar-refractivity contribution in [2.75, 3.05) is 26.1 Å². The highest BCUT2D eigenvalue weighted by Gasteiger charge is 2.36. The lowest BCUT2D eigenvalue weighted by molar-refractivity contribution is -0.127. The number of amides is 3.